The number of carbonyl (C=O) groups excluding carboxylic acids is 1. The average molecular weight is 212 g/mol. The zero-order valence-electron chi connectivity index (χ0n) is 8.86. The topological polar surface area (TPSA) is 55.8 Å². The number of aliphatic hydroxyl groups excluding tert-OH is 1. The Balaban J connectivity index is 4.75. The number of hydrogen-bond acceptors (Lipinski definition) is 4. The third-order valence-electron chi connectivity index (χ3n) is 1.50. The van der Waals surface area contributed by atoms with Crippen LogP contribution in [-0.4, -0.2) is 30.9 Å². The molecule has 0 aromatic heterocycles. The molecule has 0 spiro atoms. The molecule has 0 radical (unpaired) electrons. The van der Waals surface area contributed by atoms with Gasteiger partial charge < -0.3 is 14.6 Å². The van der Waals surface area contributed by atoms with Gasteiger partial charge in [0.1, 0.15) is 17.9 Å². The van der Waals surface area contributed by atoms with E-state index in [0.29, 0.717) is 12.4 Å². The number of hydrogen-bond donors (Lipinski definition) is 1. The van der Waals surface area contributed by atoms with Crippen molar-refractivity contribution >= 4 is 5.97 Å². The predicted octanol–water partition coefficient (Wildman–Crippen LogP) is 1.18. The van der Waals surface area contributed by atoms with Crippen molar-refractivity contribution in [3.05, 3.63) is 36.6 Å². The summed E-state index contributed by atoms with van der Waals surface area (Å²) in [4.78, 5) is 11.4. The van der Waals surface area contributed by atoms with Crippen LogP contribution >= 0.6 is 0 Å². The lowest BCUT2D eigenvalue weighted by Gasteiger charge is -2.08. The predicted molar refractivity (Wildman–Crippen MR) is 57.1 cm³/mol. The highest BCUT2D eigenvalue weighted by atomic mass is 16.5. The fraction of sp³-hybridized carbons (Fsp3) is 0.364. The lowest BCUT2D eigenvalue weighted by molar-refractivity contribution is -0.139. The Morgan fingerprint density at radius 1 is 1.33 bits per heavy atom. The Kier molecular flexibility index (Phi) is 7.01. The Hall–Kier alpha value is -1.55. The minimum Gasteiger partial charge on any atom is -0.493 e. The number of allylic oxidation sites excluding steroid dienone is 1. The maximum Gasteiger partial charge on any atom is 0.341 e. The second-order valence-corrected chi connectivity index (χ2v) is 2.48. The summed E-state index contributed by atoms with van der Waals surface area (Å²) in [6, 6.07) is 0. The van der Waals surface area contributed by atoms with Crippen molar-refractivity contribution < 1.29 is 19.4 Å². The summed E-state index contributed by atoms with van der Waals surface area (Å²) >= 11 is 0. The molecule has 0 saturated carbocycles. The molecule has 0 aliphatic rings. The summed E-state index contributed by atoms with van der Waals surface area (Å²) in [5.41, 5.74) is 0.209. The Bertz CT molecular complexity index is 266. The van der Waals surface area contributed by atoms with Crippen LogP contribution in [0.3, 0.4) is 0 Å². The van der Waals surface area contributed by atoms with Crippen LogP contribution in [0.2, 0.25) is 0 Å². The van der Waals surface area contributed by atoms with Gasteiger partial charge in [-0.2, -0.15) is 0 Å². The molecule has 4 nitrogen and oxygen atoms in total. The second-order valence-electron chi connectivity index (χ2n) is 2.48. The molecule has 0 fully saturated rings. The molecular weight excluding hydrogens is 196 g/mol. The quantitative estimate of drug-likeness (QED) is 0.298. The van der Waals surface area contributed by atoms with Crippen molar-refractivity contribution in [2.45, 2.75) is 6.92 Å². The first-order valence-electron chi connectivity index (χ1n) is 4.61. The molecule has 15 heavy (non-hydrogen) atoms. The first kappa shape index (κ1) is 13.4. The highest BCUT2D eigenvalue weighted by Crippen LogP contribution is 2.10. The SMILES string of the molecule is C=CC(OCC)=C(C=C)C(=O)OCCO. The number of aliphatic hydroxyl groups is 1. The van der Waals surface area contributed by atoms with Crippen LogP contribution in [0, 0.1) is 0 Å². The Labute approximate surface area is 89.5 Å². The third-order valence-corrected chi connectivity index (χ3v) is 1.50. The first-order chi connectivity index (χ1) is 7.21. The van der Waals surface area contributed by atoms with E-state index < -0.39 is 5.97 Å². The molecule has 0 unspecified atom stereocenters. The average Bonchev–Trinajstić information content (AvgIpc) is 2.26. The van der Waals surface area contributed by atoms with Crippen LogP contribution in [0.1, 0.15) is 6.92 Å². The van der Waals surface area contributed by atoms with Gasteiger partial charge >= 0.3 is 5.97 Å². The van der Waals surface area contributed by atoms with Gasteiger partial charge in [-0.25, -0.2) is 4.79 Å². The Morgan fingerprint density at radius 3 is 2.40 bits per heavy atom. The highest BCUT2D eigenvalue weighted by molar-refractivity contribution is 5.92. The van der Waals surface area contributed by atoms with Gasteiger partial charge in [-0.15, -0.1) is 0 Å². The van der Waals surface area contributed by atoms with Crippen LogP contribution in [0.15, 0.2) is 36.6 Å². The van der Waals surface area contributed by atoms with Crippen molar-refractivity contribution in [2.24, 2.45) is 0 Å². The van der Waals surface area contributed by atoms with Gasteiger partial charge in [-0.1, -0.05) is 19.2 Å². The first-order valence-corrected chi connectivity index (χ1v) is 4.61. The van der Waals surface area contributed by atoms with Gasteiger partial charge in [0.15, 0.2) is 0 Å². The number of carbonyl (C=O) groups is 1. The van der Waals surface area contributed by atoms with Crippen molar-refractivity contribution in [3.63, 3.8) is 0 Å². The molecule has 0 amide bonds. The van der Waals surface area contributed by atoms with E-state index >= 15 is 0 Å². The summed E-state index contributed by atoms with van der Waals surface area (Å²) in [6.45, 7) is 8.97. The van der Waals surface area contributed by atoms with Crippen LogP contribution in [0.25, 0.3) is 0 Å². The highest BCUT2D eigenvalue weighted by Gasteiger charge is 2.12. The standard InChI is InChI=1S/C11H16O4/c1-4-9(10(5-2)14-6-3)11(13)15-8-7-12/h4-5,12H,1-2,6-8H2,3H3. The lowest BCUT2D eigenvalue weighted by atomic mass is 10.2. The zero-order chi connectivity index (χ0) is 11.7. The van der Waals surface area contributed by atoms with Gasteiger partial charge in [0.25, 0.3) is 0 Å². The molecule has 4 heteroatoms. The molecule has 0 aliphatic carbocycles. The molecule has 84 valence electrons. The minimum absolute atomic E-state index is 0.0489. The normalized spacial score (nSPS) is 11.3. The minimum atomic E-state index is -0.581. The third kappa shape index (κ3) is 4.46. The molecule has 0 aromatic rings. The zero-order valence-corrected chi connectivity index (χ0v) is 8.86. The molecular formula is C11H16O4. The van der Waals surface area contributed by atoms with Crippen molar-refractivity contribution in [1.29, 1.82) is 0 Å². The molecule has 0 rings (SSSR count). The van der Waals surface area contributed by atoms with E-state index in [-0.39, 0.29) is 18.8 Å². The van der Waals surface area contributed by atoms with Crippen molar-refractivity contribution in [2.75, 3.05) is 19.8 Å². The van der Waals surface area contributed by atoms with Crippen LogP contribution < -0.4 is 0 Å². The molecule has 0 aromatic carbocycles. The summed E-state index contributed by atoms with van der Waals surface area (Å²) in [7, 11) is 0. The van der Waals surface area contributed by atoms with E-state index in [4.69, 9.17) is 14.6 Å². The second kappa shape index (κ2) is 7.82. The van der Waals surface area contributed by atoms with Gasteiger partial charge in [0.2, 0.25) is 0 Å². The van der Waals surface area contributed by atoms with Gasteiger partial charge in [0.05, 0.1) is 13.2 Å². The maximum absolute atomic E-state index is 11.4. The van der Waals surface area contributed by atoms with E-state index in [1.807, 2.05) is 0 Å². The fourth-order valence-corrected chi connectivity index (χ4v) is 0.903. The molecule has 0 atom stereocenters. The van der Waals surface area contributed by atoms with Crippen LogP contribution in [0.5, 0.6) is 0 Å². The van der Waals surface area contributed by atoms with Gasteiger partial charge in [-0.3, -0.25) is 0 Å². The van der Waals surface area contributed by atoms with E-state index in [1.54, 1.807) is 6.92 Å². The monoisotopic (exact) mass is 212 g/mol. The molecule has 0 saturated heterocycles. The molecule has 0 bridgehead atoms. The van der Waals surface area contributed by atoms with Crippen LogP contribution in [0.4, 0.5) is 0 Å². The van der Waals surface area contributed by atoms with Crippen molar-refractivity contribution in [1.82, 2.24) is 0 Å². The fourth-order valence-electron chi connectivity index (χ4n) is 0.903. The van der Waals surface area contributed by atoms with E-state index in [1.165, 1.54) is 12.2 Å². The van der Waals surface area contributed by atoms with E-state index in [0.717, 1.165) is 0 Å². The van der Waals surface area contributed by atoms with Crippen LogP contribution in [-0.2, 0) is 14.3 Å². The summed E-state index contributed by atoms with van der Waals surface area (Å²) in [5.74, 6) is -0.252. The van der Waals surface area contributed by atoms with Gasteiger partial charge in [0, 0.05) is 0 Å². The number of ether oxygens (including phenoxy) is 2. The summed E-state index contributed by atoms with van der Waals surface area (Å²) in [6.07, 6.45) is 2.76. The van der Waals surface area contributed by atoms with Gasteiger partial charge in [-0.05, 0) is 13.0 Å². The molecule has 0 heterocycles. The Morgan fingerprint density at radius 2 is 2.00 bits per heavy atom. The molecule has 1 N–H and O–H groups in total. The maximum atomic E-state index is 11.4. The largest absolute Gasteiger partial charge is 0.493 e. The number of esters is 1. The lowest BCUT2D eigenvalue weighted by Crippen LogP contribution is -2.12. The molecule has 0 aliphatic heterocycles. The van der Waals surface area contributed by atoms with E-state index in [9.17, 15) is 4.79 Å². The smallest absolute Gasteiger partial charge is 0.341 e. The summed E-state index contributed by atoms with van der Waals surface area (Å²) in [5, 5.41) is 8.50. The summed E-state index contributed by atoms with van der Waals surface area (Å²) < 4.78 is 9.90. The number of rotatable bonds is 7. The van der Waals surface area contributed by atoms with Crippen molar-refractivity contribution in [3.8, 4) is 0 Å². The van der Waals surface area contributed by atoms with E-state index in [2.05, 4.69) is 13.2 Å².